The number of likely N-dealkylation sites (N-methyl/N-ethyl adjacent to an activating group) is 1. The first kappa shape index (κ1) is 14.6. The first-order valence-corrected chi connectivity index (χ1v) is 6.16. The van der Waals surface area contributed by atoms with E-state index in [1.54, 1.807) is 12.4 Å². The molecule has 1 aromatic heterocycles. The van der Waals surface area contributed by atoms with Crippen molar-refractivity contribution in [3.8, 4) is 0 Å². The van der Waals surface area contributed by atoms with Crippen molar-refractivity contribution in [1.82, 2.24) is 15.3 Å². The molecule has 0 aliphatic carbocycles. The van der Waals surface area contributed by atoms with Gasteiger partial charge in [0.15, 0.2) is 0 Å². The van der Waals surface area contributed by atoms with Gasteiger partial charge in [-0.05, 0) is 37.1 Å². The highest BCUT2D eigenvalue weighted by molar-refractivity contribution is 5.81. The molecule has 0 fully saturated rings. The van der Waals surface area contributed by atoms with E-state index in [9.17, 15) is 4.79 Å². The third-order valence-electron chi connectivity index (χ3n) is 3.02. The number of nitrogens with one attached hydrogen (secondary N) is 1. The number of carbonyl (C=O) groups excluding carboxylic acids is 1. The summed E-state index contributed by atoms with van der Waals surface area (Å²) in [4.78, 5) is 17.7. The Balaban J connectivity index is 2.57. The lowest BCUT2D eigenvalue weighted by molar-refractivity contribution is -0.127. The minimum atomic E-state index is -0.197. The molecule has 3 N–H and O–H groups in total. The third-order valence-corrected chi connectivity index (χ3v) is 3.02. The zero-order valence-electron chi connectivity index (χ0n) is 11.3. The van der Waals surface area contributed by atoms with Crippen LogP contribution >= 0.6 is 0 Å². The van der Waals surface area contributed by atoms with Gasteiger partial charge in [-0.1, -0.05) is 13.8 Å². The number of pyridine rings is 1. The zero-order valence-corrected chi connectivity index (χ0v) is 11.3. The normalized spacial score (nSPS) is 12.8. The quantitative estimate of drug-likeness (QED) is 0.440. The zero-order chi connectivity index (χ0) is 13.5. The van der Waals surface area contributed by atoms with Crippen LogP contribution in [0.25, 0.3) is 0 Å². The first-order chi connectivity index (χ1) is 8.56. The molecule has 1 amide bonds. The Hall–Kier alpha value is -1.46. The molecule has 5 heteroatoms. The predicted octanol–water partition coefficient (Wildman–Crippen LogP) is 0.570. The Morgan fingerprint density at radius 3 is 2.56 bits per heavy atom. The Kier molecular flexibility index (Phi) is 5.74. The smallest absolute Gasteiger partial charge is 0.251 e. The minimum absolute atomic E-state index is 0.137. The van der Waals surface area contributed by atoms with Crippen LogP contribution in [0.3, 0.4) is 0 Å². The van der Waals surface area contributed by atoms with Crippen LogP contribution in [0.2, 0.25) is 0 Å². The Labute approximate surface area is 108 Å². The molecule has 5 nitrogen and oxygen atoms in total. The van der Waals surface area contributed by atoms with E-state index in [1.165, 1.54) is 5.56 Å². The highest BCUT2D eigenvalue weighted by atomic mass is 16.2. The molecular formula is C13H22N4O. The number of amides is 1. The van der Waals surface area contributed by atoms with Gasteiger partial charge in [0.2, 0.25) is 0 Å². The number of aromatic nitrogens is 1. The van der Waals surface area contributed by atoms with Crippen molar-refractivity contribution in [2.45, 2.75) is 26.3 Å². The van der Waals surface area contributed by atoms with Crippen molar-refractivity contribution in [3.05, 3.63) is 30.1 Å². The molecular weight excluding hydrogens is 228 g/mol. The van der Waals surface area contributed by atoms with Gasteiger partial charge in [0.25, 0.3) is 5.91 Å². The van der Waals surface area contributed by atoms with Crippen molar-refractivity contribution in [1.29, 1.82) is 0 Å². The number of rotatable bonds is 6. The van der Waals surface area contributed by atoms with Gasteiger partial charge in [-0.15, -0.1) is 0 Å². The van der Waals surface area contributed by atoms with E-state index in [0.29, 0.717) is 0 Å². The van der Waals surface area contributed by atoms with Crippen LogP contribution in [0.4, 0.5) is 0 Å². The average molecular weight is 250 g/mol. The van der Waals surface area contributed by atoms with Crippen molar-refractivity contribution in [2.75, 3.05) is 13.6 Å². The fourth-order valence-electron chi connectivity index (χ4n) is 2.09. The van der Waals surface area contributed by atoms with Gasteiger partial charge >= 0.3 is 0 Å². The van der Waals surface area contributed by atoms with E-state index >= 15 is 0 Å². The maximum absolute atomic E-state index is 11.7. The van der Waals surface area contributed by atoms with Crippen molar-refractivity contribution < 1.29 is 4.79 Å². The average Bonchev–Trinajstić information content (AvgIpc) is 2.37. The number of hydrazine groups is 1. The van der Waals surface area contributed by atoms with E-state index in [2.05, 4.69) is 10.4 Å². The summed E-state index contributed by atoms with van der Waals surface area (Å²) in [5, 5.41) is 0. The molecule has 1 unspecified atom stereocenters. The molecule has 18 heavy (non-hydrogen) atoms. The van der Waals surface area contributed by atoms with Crippen LogP contribution in [0.1, 0.15) is 19.4 Å². The van der Waals surface area contributed by atoms with Crippen LogP contribution in [0.5, 0.6) is 0 Å². The predicted molar refractivity (Wildman–Crippen MR) is 71.5 cm³/mol. The van der Waals surface area contributed by atoms with Crippen LogP contribution < -0.4 is 11.3 Å². The summed E-state index contributed by atoms with van der Waals surface area (Å²) in [6.45, 7) is 4.84. The number of nitrogens with two attached hydrogens (primary N) is 1. The lowest BCUT2D eigenvalue weighted by Crippen LogP contribution is -2.50. The van der Waals surface area contributed by atoms with Gasteiger partial charge in [0.1, 0.15) is 0 Å². The molecule has 1 rings (SSSR count). The molecule has 100 valence electrons. The van der Waals surface area contributed by atoms with E-state index < -0.39 is 0 Å². The van der Waals surface area contributed by atoms with Gasteiger partial charge in [-0.25, -0.2) is 5.84 Å². The Morgan fingerprint density at radius 1 is 1.44 bits per heavy atom. The fraction of sp³-hybridized carbons (Fsp3) is 0.538. The molecule has 0 saturated carbocycles. The standard InChI is InChI=1S/C13H22N4O/c1-10(2)12(13(18)16-14)17(3)9-6-11-4-7-15-8-5-11/h4-5,7-8,10,12H,6,9,14H2,1-3H3,(H,16,18). The van der Waals surface area contributed by atoms with Gasteiger partial charge in [0.05, 0.1) is 6.04 Å². The summed E-state index contributed by atoms with van der Waals surface area (Å²) in [7, 11) is 1.95. The maximum atomic E-state index is 11.7. The minimum Gasteiger partial charge on any atom is -0.294 e. The molecule has 1 aromatic rings. The van der Waals surface area contributed by atoms with Gasteiger partial charge in [0, 0.05) is 18.9 Å². The Morgan fingerprint density at radius 2 is 2.06 bits per heavy atom. The first-order valence-electron chi connectivity index (χ1n) is 6.16. The molecule has 0 aromatic carbocycles. The third kappa shape index (κ3) is 4.09. The molecule has 0 aliphatic rings. The van der Waals surface area contributed by atoms with E-state index in [-0.39, 0.29) is 17.9 Å². The molecule has 0 spiro atoms. The van der Waals surface area contributed by atoms with Crippen LogP contribution in [0.15, 0.2) is 24.5 Å². The van der Waals surface area contributed by atoms with E-state index in [1.807, 2.05) is 37.9 Å². The largest absolute Gasteiger partial charge is 0.294 e. The maximum Gasteiger partial charge on any atom is 0.251 e. The lowest BCUT2D eigenvalue weighted by atomic mass is 10.0. The second-order valence-corrected chi connectivity index (χ2v) is 4.78. The SMILES string of the molecule is CC(C)C(C(=O)NN)N(C)CCc1ccncc1. The number of carbonyl (C=O) groups is 1. The molecule has 0 aliphatic heterocycles. The lowest BCUT2D eigenvalue weighted by Gasteiger charge is -2.29. The molecule has 1 atom stereocenters. The summed E-state index contributed by atoms with van der Waals surface area (Å²) in [5.41, 5.74) is 3.45. The molecule has 0 saturated heterocycles. The van der Waals surface area contributed by atoms with E-state index in [0.717, 1.165) is 13.0 Å². The molecule has 1 heterocycles. The Bertz CT molecular complexity index is 367. The topological polar surface area (TPSA) is 71.2 Å². The van der Waals surface area contributed by atoms with Gasteiger partial charge in [-0.3, -0.25) is 20.1 Å². The van der Waals surface area contributed by atoms with E-state index in [4.69, 9.17) is 5.84 Å². The summed E-state index contributed by atoms with van der Waals surface area (Å²) < 4.78 is 0. The van der Waals surface area contributed by atoms with Gasteiger partial charge in [-0.2, -0.15) is 0 Å². The van der Waals surface area contributed by atoms with Crippen molar-refractivity contribution >= 4 is 5.91 Å². The number of nitrogens with zero attached hydrogens (tertiary/aromatic N) is 2. The molecule has 0 radical (unpaired) electrons. The van der Waals surface area contributed by atoms with Crippen molar-refractivity contribution in [3.63, 3.8) is 0 Å². The van der Waals surface area contributed by atoms with Crippen LogP contribution in [-0.4, -0.2) is 35.4 Å². The summed E-state index contributed by atoms with van der Waals surface area (Å²) in [6.07, 6.45) is 4.45. The molecule has 0 bridgehead atoms. The monoisotopic (exact) mass is 250 g/mol. The van der Waals surface area contributed by atoms with Crippen LogP contribution in [0, 0.1) is 5.92 Å². The summed E-state index contributed by atoms with van der Waals surface area (Å²) >= 11 is 0. The fourth-order valence-corrected chi connectivity index (χ4v) is 2.09. The highest BCUT2D eigenvalue weighted by Gasteiger charge is 2.25. The highest BCUT2D eigenvalue weighted by Crippen LogP contribution is 2.10. The van der Waals surface area contributed by atoms with Crippen molar-refractivity contribution in [2.24, 2.45) is 11.8 Å². The number of hydrogen-bond acceptors (Lipinski definition) is 4. The second-order valence-electron chi connectivity index (χ2n) is 4.78. The number of hydrogen-bond donors (Lipinski definition) is 2. The second kappa shape index (κ2) is 7.08. The summed E-state index contributed by atoms with van der Waals surface area (Å²) in [5.74, 6) is 5.30. The van der Waals surface area contributed by atoms with Gasteiger partial charge < -0.3 is 0 Å². The summed E-state index contributed by atoms with van der Waals surface area (Å²) in [6, 6.07) is 3.78. The van der Waals surface area contributed by atoms with Crippen LogP contribution in [-0.2, 0) is 11.2 Å².